The van der Waals surface area contributed by atoms with Crippen LogP contribution in [0.4, 0.5) is 13.2 Å². The summed E-state index contributed by atoms with van der Waals surface area (Å²) in [7, 11) is 0. The van der Waals surface area contributed by atoms with Crippen LogP contribution in [-0.2, 0) is 12.7 Å². The van der Waals surface area contributed by atoms with Gasteiger partial charge in [-0.25, -0.2) is 9.97 Å². The minimum Gasteiger partial charge on any atom is -0.311 e. The molecule has 0 saturated carbocycles. The van der Waals surface area contributed by atoms with Gasteiger partial charge in [-0.15, -0.1) is 0 Å². The van der Waals surface area contributed by atoms with Crippen LogP contribution in [0.15, 0.2) is 35.4 Å². The molecule has 0 aliphatic rings. The molecule has 120 valence electrons. The molecule has 9 heteroatoms. The third-order valence-corrected chi connectivity index (χ3v) is 3.57. The van der Waals surface area contributed by atoms with E-state index in [0.29, 0.717) is 17.0 Å². The summed E-state index contributed by atoms with van der Waals surface area (Å²) in [5, 5.41) is 0.315. The Balaban J connectivity index is 2.17. The first-order valence-corrected chi connectivity index (χ1v) is 6.90. The fourth-order valence-corrected chi connectivity index (χ4v) is 2.33. The predicted octanol–water partition coefficient (Wildman–Crippen LogP) is 2.92. The second-order valence-electron chi connectivity index (χ2n) is 4.99. The SMILES string of the molecule is Cc1cc(=O)n2cc(C(F)(F)F)nc2n1Cc1ccc(Cl)nc1. The van der Waals surface area contributed by atoms with Gasteiger partial charge in [0.2, 0.25) is 5.78 Å². The quantitative estimate of drug-likeness (QED) is 0.673. The van der Waals surface area contributed by atoms with Crippen molar-refractivity contribution in [1.29, 1.82) is 0 Å². The van der Waals surface area contributed by atoms with E-state index in [9.17, 15) is 18.0 Å². The number of imidazole rings is 1. The molecule has 3 rings (SSSR count). The molecule has 3 heterocycles. The van der Waals surface area contributed by atoms with Crippen LogP contribution >= 0.6 is 11.6 Å². The zero-order valence-electron chi connectivity index (χ0n) is 11.8. The average Bonchev–Trinajstić information content (AvgIpc) is 2.91. The van der Waals surface area contributed by atoms with Gasteiger partial charge in [-0.05, 0) is 18.6 Å². The van der Waals surface area contributed by atoms with E-state index in [4.69, 9.17) is 11.6 Å². The molecule has 0 radical (unpaired) electrons. The van der Waals surface area contributed by atoms with Gasteiger partial charge in [0.05, 0.1) is 6.54 Å². The predicted molar refractivity (Wildman–Crippen MR) is 77.5 cm³/mol. The molecule has 0 aromatic carbocycles. The molecule has 0 N–H and O–H groups in total. The Hall–Kier alpha value is -2.35. The summed E-state index contributed by atoms with van der Waals surface area (Å²) in [5.74, 6) is -0.0720. The number of alkyl halides is 3. The summed E-state index contributed by atoms with van der Waals surface area (Å²) in [5.41, 5.74) is -0.453. The summed E-state index contributed by atoms with van der Waals surface area (Å²) in [6.45, 7) is 1.85. The molecule has 0 unspecified atom stereocenters. The lowest BCUT2D eigenvalue weighted by Gasteiger charge is -2.11. The molecular weight excluding hydrogens is 333 g/mol. The maximum absolute atomic E-state index is 12.8. The number of halogens is 4. The van der Waals surface area contributed by atoms with Crippen molar-refractivity contribution < 1.29 is 13.2 Å². The lowest BCUT2D eigenvalue weighted by Crippen LogP contribution is -2.19. The lowest BCUT2D eigenvalue weighted by molar-refractivity contribution is -0.140. The fourth-order valence-electron chi connectivity index (χ4n) is 2.22. The maximum atomic E-state index is 12.8. The first-order valence-electron chi connectivity index (χ1n) is 6.53. The summed E-state index contributed by atoms with van der Waals surface area (Å²) >= 11 is 5.71. The summed E-state index contributed by atoms with van der Waals surface area (Å²) in [6, 6.07) is 4.55. The van der Waals surface area contributed by atoms with Crippen molar-refractivity contribution in [3.8, 4) is 0 Å². The van der Waals surface area contributed by atoms with E-state index >= 15 is 0 Å². The Bertz CT molecular complexity index is 928. The van der Waals surface area contributed by atoms with E-state index in [1.54, 1.807) is 19.1 Å². The number of pyridine rings is 1. The normalized spacial score (nSPS) is 12.0. The first-order chi connectivity index (χ1) is 10.8. The summed E-state index contributed by atoms with van der Waals surface area (Å²) in [4.78, 5) is 19.4. The van der Waals surface area contributed by atoms with Crippen LogP contribution in [0, 0.1) is 6.92 Å². The average molecular weight is 343 g/mol. The van der Waals surface area contributed by atoms with Gasteiger partial charge in [0, 0.05) is 24.2 Å². The van der Waals surface area contributed by atoms with Crippen LogP contribution in [0.3, 0.4) is 0 Å². The fraction of sp³-hybridized carbons (Fsp3) is 0.214. The molecular formula is C14H10ClF3N4O. The highest BCUT2D eigenvalue weighted by Crippen LogP contribution is 2.28. The van der Waals surface area contributed by atoms with Gasteiger partial charge in [-0.1, -0.05) is 17.7 Å². The molecule has 0 aliphatic heterocycles. The molecule has 0 saturated heterocycles. The number of hydrogen-bond acceptors (Lipinski definition) is 3. The minimum absolute atomic E-state index is 0.0720. The molecule has 0 aliphatic carbocycles. The van der Waals surface area contributed by atoms with Crippen LogP contribution in [-0.4, -0.2) is 18.9 Å². The number of rotatable bonds is 2. The molecule has 23 heavy (non-hydrogen) atoms. The van der Waals surface area contributed by atoms with Gasteiger partial charge < -0.3 is 4.57 Å². The van der Waals surface area contributed by atoms with Crippen molar-refractivity contribution in [3.63, 3.8) is 0 Å². The van der Waals surface area contributed by atoms with Crippen molar-refractivity contribution in [3.05, 3.63) is 63.1 Å². The number of hydrogen-bond donors (Lipinski definition) is 0. The highest BCUT2D eigenvalue weighted by molar-refractivity contribution is 6.29. The Morgan fingerprint density at radius 3 is 2.65 bits per heavy atom. The third-order valence-electron chi connectivity index (χ3n) is 3.34. The molecule has 0 spiro atoms. The number of fused-ring (bicyclic) bond motifs is 1. The summed E-state index contributed by atoms with van der Waals surface area (Å²) in [6.07, 6.45) is -2.40. The van der Waals surface area contributed by atoms with Crippen LogP contribution in [0.1, 0.15) is 17.0 Å². The highest BCUT2D eigenvalue weighted by atomic mass is 35.5. The second-order valence-corrected chi connectivity index (χ2v) is 5.38. The van der Waals surface area contributed by atoms with E-state index in [1.165, 1.54) is 16.8 Å². The molecule has 0 bridgehead atoms. The van der Waals surface area contributed by atoms with Gasteiger partial charge in [-0.3, -0.25) is 9.20 Å². The Kier molecular flexibility index (Phi) is 3.63. The van der Waals surface area contributed by atoms with E-state index in [0.717, 1.165) is 9.96 Å². The largest absolute Gasteiger partial charge is 0.434 e. The highest BCUT2D eigenvalue weighted by Gasteiger charge is 2.34. The second kappa shape index (κ2) is 5.38. The first kappa shape index (κ1) is 15.5. The Morgan fingerprint density at radius 1 is 1.30 bits per heavy atom. The van der Waals surface area contributed by atoms with Gasteiger partial charge in [0.1, 0.15) is 5.15 Å². The van der Waals surface area contributed by atoms with E-state index in [1.807, 2.05) is 0 Å². The van der Waals surface area contributed by atoms with Crippen molar-refractivity contribution in [2.75, 3.05) is 0 Å². The van der Waals surface area contributed by atoms with Gasteiger partial charge in [0.15, 0.2) is 5.69 Å². The summed E-state index contributed by atoms with van der Waals surface area (Å²) < 4.78 is 41.0. The Labute approximate surface area is 133 Å². The van der Waals surface area contributed by atoms with Gasteiger partial charge in [-0.2, -0.15) is 13.2 Å². The molecule has 0 fully saturated rings. The molecule has 0 atom stereocenters. The smallest absolute Gasteiger partial charge is 0.311 e. The van der Waals surface area contributed by atoms with Crippen molar-refractivity contribution in [2.45, 2.75) is 19.6 Å². The molecule has 3 aromatic rings. The zero-order valence-corrected chi connectivity index (χ0v) is 12.6. The van der Waals surface area contributed by atoms with Crippen LogP contribution < -0.4 is 5.56 Å². The number of nitrogens with zero attached hydrogens (tertiary/aromatic N) is 4. The van der Waals surface area contributed by atoms with Gasteiger partial charge >= 0.3 is 6.18 Å². The zero-order chi connectivity index (χ0) is 16.8. The number of aromatic nitrogens is 4. The van der Waals surface area contributed by atoms with E-state index in [2.05, 4.69) is 9.97 Å². The van der Waals surface area contributed by atoms with Crippen molar-refractivity contribution in [1.82, 2.24) is 18.9 Å². The Morgan fingerprint density at radius 2 is 2.04 bits per heavy atom. The minimum atomic E-state index is -4.62. The topological polar surface area (TPSA) is 52.2 Å². The van der Waals surface area contributed by atoms with Crippen LogP contribution in [0.2, 0.25) is 5.15 Å². The standard InChI is InChI=1S/C14H10ClF3N4O/c1-8-4-12(23)22-7-10(14(16,17)18)20-13(22)21(8)6-9-2-3-11(15)19-5-9/h2-5,7H,6H2,1H3. The van der Waals surface area contributed by atoms with Crippen molar-refractivity contribution >= 4 is 17.4 Å². The maximum Gasteiger partial charge on any atom is 0.434 e. The molecule has 0 amide bonds. The van der Waals surface area contributed by atoms with Crippen molar-refractivity contribution in [2.24, 2.45) is 0 Å². The molecule has 5 nitrogen and oxygen atoms in total. The van der Waals surface area contributed by atoms with Crippen LogP contribution in [0.5, 0.6) is 0 Å². The van der Waals surface area contributed by atoms with E-state index in [-0.39, 0.29) is 12.3 Å². The number of aryl methyl sites for hydroxylation is 1. The van der Waals surface area contributed by atoms with Gasteiger partial charge in [0.25, 0.3) is 5.56 Å². The molecule has 3 aromatic heterocycles. The third kappa shape index (κ3) is 2.94. The van der Waals surface area contributed by atoms with E-state index < -0.39 is 17.4 Å². The van der Waals surface area contributed by atoms with Crippen LogP contribution in [0.25, 0.3) is 5.78 Å². The lowest BCUT2D eigenvalue weighted by atomic mass is 10.2. The monoisotopic (exact) mass is 342 g/mol.